The van der Waals surface area contributed by atoms with Gasteiger partial charge in [-0.1, -0.05) is 45.4 Å². The van der Waals surface area contributed by atoms with Crippen molar-refractivity contribution in [3.8, 4) is 0 Å². The predicted octanol–water partition coefficient (Wildman–Crippen LogP) is 4.29. The third kappa shape index (κ3) is 17.9. The van der Waals surface area contributed by atoms with E-state index < -0.39 is 0 Å². The lowest BCUT2D eigenvalue weighted by Crippen LogP contribution is -2.02. The zero-order chi connectivity index (χ0) is 14.7. The Labute approximate surface area is 126 Å². The molecule has 0 aliphatic carbocycles. The molecule has 0 amide bonds. The number of ether oxygens (including phenoxy) is 2. The van der Waals surface area contributed by atoms with Gasteiger partial charge in [-0.2, -0.15) is 0 Å². The standard InChI is InChI=1S/C17H37NO2/c1-2-3-4-5-9-14-19-15-10-6-7-11-16-20-17-12-8-13-18/h2-18H2,1H3. The molecule has 0 fully saturated rings. The van der Waals surface area contributed by atoms with E-state index in [0.29, 0.717) is 0 Å². The van der Waals surface area contributed by atoms with E-state index in [9.17, 15) is 0 Å². The monoisotopic (exact) mass is 287 g/mol. The molecular formula is C17H37NO2. The molecule has 2 N–H and O–H groups in total. The summed E-state index contributed by atoms with van der Waals surface area (Å²) >= 11 is 0. The van der Waals surface area contributed by atoms with E-state index in [4.69, 9.17) is 15.2 Å². The van der Waals surface area contributed by atoms with Gasteiger partial charge in [0.25, 0.3) is 0 Å². The average Bonchev–Trinajstić information content (AvgIpc) is 2.47. The molecule has 122 valence electrons. The maximum Gasteiger partial charge on any atom is 0.0466 e. The number of hydrogen-bond acceptors (Lipinski definition) is 3. The highest BCUT2D eigenvalue weighted by Crippen LogP contribution is 2.04. The molecular weight excluding hydrogens is 250 g/mol. The lowest BCUT2D eigenvalue weighted by molar-refractivity contribution is 0.117. The van der Waals surface area contributed by atoms with E-state index in [-0.39, 0.29) is 0 Å². The van der Waals surface area contributed by atoms with Gasteiger partial charge in [-0.25, -0.2) is 0 Å². The molecule has 20 heavy (non-hydrogen) atoms. The molecule has 0 saturated heterocycles. The van der Waals surface area contributed by atoms with Gasteiger partial charge in [-0.05, 0) is 38.6 Å². The summed E-state index contributed by atoms with van der Waals surface area (Å²) in [6, 6.07) is 0. The van der Waals surface area contributed by atoms with E-state index in [1.165, 1.54) is 57.8 Å². The Morgan fingerprint density at radius 2 is 0.950 bits per heavy atom. The summed E-state index contributed by atoms with van der Waals surface area (Å²) in [4.78, 5) is 0. The minimum Gasteiger partial charge on any atom is -0.381 e. The Bertz CT molecular complexity index is 147. The molecule has 0 saturated carbocycles. The van der Waals surface area contributed by atoms with Crippen molar-refractivity contribution in [3.05, 3.63) is 0 Å². The minimum atomic E-state index is 0.780. The minimum absolute atomic E-state index is 0.780. The first-order chi connectivity index (χ1) is 9.91. The average molecular weight is 287 g/mol. The van der Waals surface area contributed by atoms with Crippen LogP contribution in [0.2, 0.25) is 0 Å². The smallest absolute Gasteiger partial charge is 0.0466 e. The lowest BCUT2D eigenvalue weighted by atomic mass is 10.2. The molecule has 0 rings (SSSR count). The molecule has 3 nitrogen and oxygen atoms in total. The lowest BCUT2D eigenvalue weighted by Gasteiger charge is -2.05. The summed E-state index contributed by atoms with van der Waals surface area (Å²) in [5.41, 5.74) is 5.42. The van der Waals surface area contributed by atoms with Crippen molar-refractivity contribution in [1.82, 2.24) is 0 Å². The maximum absolute atomic E-state index is 5.64. The summed E-state index contributed by atoms with van der Waals surface area (Å²) in [5.74, 6) is 0. The molecule has 0 unspecified atom stereocenters. The molecule has 0 aromatic carbocycles. The first kappa shape index (κ1) is 19.9. The summed E-state index contributed by atoms with van der Waals surface area (Å²) in [7, 11) is 0. The highest BCUT2D eigenvalue weighted by molar-refractivity contribution is 4.45. The van der Waals surface area contributed by atoms with E-state index in [1.54, 1.807) is 0 Å². The van der Waals surface area contributed by atoms with Gasteiger partial charge in [0.1, 0.15) is 0 Å². The van der Waals surface area contributed by atoms with Gasteiger partial charge in [0.05, 0.1) is 0 Å². The van der Waals surface area contributed by atoms with Crippen molar-refractivity contribution in [3.63, 3.8) is 0 Å². The third-order valence-electron chi connectivity index (χ3n) is 3.46. The van der Waals surface area contributed by atoms with Crippen LogP contribution in [-0.4, -0.2) is 33.0 Å². The second-order valence-electron chi connectivity index (χ2n) is 5.55. The van der Waals surface area contributed by atoms with Crippen LogP contribution in [0.3, 0.4) is 0 Å². The van der Waals surface area contributed by atoms with Crippen molar-refractivity contribution < 1.29 is 9.47 Å². The quantitative estimate of drug-likeness (QED) is 0.406. The van der Waals surface area contributed by atoms with Crippen molar-refractivity contribution in [1.29, 1.82) is 0 Å². The summed E-state index contributed by atoms with van der Waals surface area (Å²) in [6.45, 7) is 6.70. The number of hydrogen-bond donors (Lipinski definition) is 1. The molecule has 0 atom stereocenters. The topological polar surface area (TPSA) is 44.5 Å². The van der Waals surface area contributed by atoms with Crippen LogP contribution in [-0.2, 0) is 9.47 Å². The van der Waals surface area contributed by atoms with E-state index in [0.717, 1.165) is 45.8 Å². The molecule has 0 aromatic rings. The van der Waals surface area contributed by atoms with Crippen LogP contribution < -0.4 is 5.73 Å². The van der Waals surface area contributed by atoms with E-state index in [1.807, 2.05) is 0 Å². The molecule has 3 heteroatoms. The molecule has 0 radical (unpaired) electrons. The zero-order valence-corrected chi connectivity index (χ0v) is 13.7. The Morgan fingerprint density at radius 1 is 0.550 bits per heavy atom. The van der Waals surface area contributed by atoms with E-state index in [2.05, 4.69) is 6.92 Å². The van der Waals surface area contributed by atoms with Gasteiger partial charge in [0.15, 0.2) is 0 Å². The second-order valence-corrected chi connectivity index (χ2v) is 5.55. The fraction of sp³-hybridized carbons (Fsp3) is 1.00. The summed E-state index contributed by atoms with van der Waals surface area (Å²) in [5, 5.41) is 0. The van der Waals surface area contributed by atoms with Gasteiger partial charge in [-0.15, -0.1) is 0 Å². The second kappa shape index (κ2) is 18.9. The zero-order valence-electron chi connectivity index (χ0n) is 13.7. The molecule has 0 aliphatic rings. The fourth-order valence-corrected chi connectivity index (χ4v) is 2.12. The van der Waals surface area contributed by atoms with Gasteiger partial charge in [-0.3, -0.25) is 0 Å². The number of rotatable bonds is 17. The SMILES string of the molecule is CCCCCCCOCCCCCCOCCCCN. The van der Waals surface area contributed by atoms with Crippen molar-refractivity contribution >= 4 is 0 Å². The van der Waals surface area contributed by atoms with Crippen molar-refractivity contribution in [2.45, 2.75) is 77.6 Å². The molecule has 0 aliphatic heterocycles. The van der Waals surface area contributed by atoms with Crippen LogP contribution in [0.25, 0.3) is 0 Å². The van der Waals surface area contributed by atoms with Crippen molar-refractivity contribution in [2.75, 3.05) is 33.0 Å². The normalized spacial score (nSPS) is 11.1. The Balaban J connectivity index is 2.89. The van der Waals surface area contributed by atoms with Gasteiger partial charge in [0.2, 0.25) is 0 Å². The number of nitrogens with two attached hydrogens (primary N) is 1. The van der Waals surface area contributed by atoms with Crippen LogP contribution in [0.1, 0.15) is 77.6 Å². The van der Waals surface area contributed by atoms with Crippen LogP contribution >= 0.6 is 0 Å². The summed E-state index contributed by atoms with van der Waals surface area (Å²) < 4.78 is 11.2. The predicted molar refractivity (Wildman–Crippen MR) is 87.2 cm³/mol. The van der Waals surface area contributed by atoms with Crippen LogP contribution in [0.4, 0.5) is 0 Å². The summed E-state index contributed by atoms with van der Waals surface area (Å²) in [6.07, 6.45) is 13.7. The van der Waals surface area contributed by atoms with E-state index >= 15 is 0 Å². The molecule has 0 spiro atoms. The van der Waals surface area contributed by atoms with Crippen LogP contribution in [0.15, 0.2) is 0 Å². The first-order valence-electron chi connectivity index (χ1n) is 8.77. The van der Waals surface area contributed by atoms with Gasteiger partial charge < -0.3 is 15.2 Å². The third-order valence-corrected chi connectivity index (χ3v) is 3.46. The highest BCUT2D eigenvalue weighted by atomic mass is 16.5. The molecule has 0 bridgehead atoms. The fourth-order valence-electron chi connectivity index (χ4n) is 2.12. The first-order valence-corrected chi connectivity index (χ1v) is 8.77. The Hall–Kier alpha value is -0.120. The van der Waals surface area contributed by atoms with Crippen molar-refractivity contribution in [2.24, 2.45) is 5.73 Å². The maximum atomic E-state index is 5.64. The van der Waals surface area contributed by atoms with Gasteiger partial charge >= 0.3 is 0 Å². The van der Waals surface area contributed by atoms with Crippen LogP contribution in [0.5, 0.6) is 0 Å². The molecule has 0 heterocycles. The molecule has 0 aromatic heterocycles. The Kier molecular flexibility index (Phi) is 18.8. The van der Waals surface area contributed by atoms with Gasteiger partial charge in [0, 0.05) is 26.4 Å². The largest absolute Gasteiger partial charge is 0.381 e. The number of unbranched alkanes of at least 4 members (excludes halogenated alkanes) is 8. The highest BCUT2D eigenvalue weighted by Gasteiger charge is 1.93. The van der Waals surface area contributed by atoms with Crippen LogP contribution in [0, 0.1) is 0 Å². The Morgan fingerprint density at radius 3 is 1.35 bits per heavy atom.